The molecule has 9 heteroatoms. The second-order valence-electron chi connectivity index (χ2n) is 4.04. The van der Waals surface area contributed by atoms with E-state index in [1.54, 1.807) is 6.07 Å². The van der Waals surface area contributed by atoms with Crippen LogP contribution in [0, 0.1) is 5.82 Å². The maximum Gasteiger partial charge on any atom is 0.422 e. The largest absolute Gasteiger partial charge is 0.742 e. The molecule has 7 nitrogen and oxygen atoms in total. The molecule has 1 heterocycles. The normalized spacial score (nSPS) is 12.2. The molecule has 1 aromatic carbocycles. The van der Waals surface area contributed by atoms with Crippen molar-refractivity contribution in [3.63, 3.8) is 0 Å². The fraction of sp³-hybridized carbons (Fsp3) is 0.182. The third kappa shape index (κ3) is 2.73. The van der Waals surface area contributed by atoms with E-state index >= 15 is 0 Å². The number of rotatable bonds is 3. The fourth-order valence-electron chi connectivity index (χ4n) is 1.65. The van der Waals surface area contributed by atoms with Crippen LogP contribution in [-0.2, 0) is 24.2 Å². The van der Waals surface area contributed by atoms with Crippen LogP contribution in [0.1, 0.15) is 0 Å². The zero-order valence-electron chi connectivity index (χ0n) is 10.7. The number of nitrogens with zero attached hydrogens (tertiary/aromatic N) is 4. The van der Waals surface area contributed by atoms with Crippen molar-refractivity contribution in [3.05, 3.63) is 36.3 Å². The Morgan fingerprint density at radius 3 is 2.50 bits per heavy atom. The molecule has 0 aliphatic rings. The Bertz CT molecular complexity index is 783. The van der Waals surface area contributed by atoms with Gasteiger partial charge in [0.2, 0.25) is 5.03 Å². The van der Waals surface area contributed by atoms with Crippen LogP contribution in [0.25, 0.3) is 0 Å². The molecule has 0 saturated heterocycles. The Balaban J connectivity index is 2.46. The van der Waals surface area contributed by atoms with Crippen LogP contribution in [0.15, 0.2) is 45.7 Å². The van der Waals surface area contributed by atoms with E-state index in [0.29, 0.717) is 0 Å². The molecule has 0 bridgehead atoms. The van der Waals surface area contributed by atoms with E-state index in [1.165, 1.54) is 36.9 Å². The van der Waals surface area contributed by atoms with Crippen molar-refractivity contribution >= 4 is 21.8 Å². The summed E-state index contributed by atoms with van der Waals surface area (Å²) in [5.74, 6) is -0.451. The number of hydrogen-bond donors (Lipinski definition) is 0. The highest BCUT2D eigenvalue weighted by atomic mass is 32.2. The highest BCUT2D eigenvalue weighted by Crippen LogP contribution is 2.20. The monoisotopic (exact) mass is 298 g/mol. The average Bonchev–Trinajstić information content (AvgIpc) is 2.64. The van der Waals surface area contributed by atoms with Crippen molar-refractivity contribution in [1.29, 1.82) is 0 Å². The third-order valence-electron chi connectivity index (χ3n) is 2.61. The second-order valence-corrected chi connectivity index (χ2v) is 5.37. The SMILES string of the molecule is Cn1c(S(=O)(=O)[O-])c[n+](C)c1N=Nc1ccccc1F. The number of azo groups is 1. The predicted molar refractivity (Wildman–Crippen MR) is 65.1 cm³/mol. The predicted octanol–water partition coefficient (Wildman–Crippen LogP) is 1.31. The number of halogens is 1. The minimum atomic E-state index is -4.61. The first-order valence-corrected chi connectivity index (χ1v) is 6.89. The van der Waals surface area contributed by atoms with Gasteiger partial charge in [0.15, 0.2) is 15.9 Å². The Kier molecular flexibility index (Phi) is 3.64. The van der Waals surface area contributed by atoms with E-state index in [4.69, 9.17) is 0 Å². The molecule has 0 unspecified atom stereocenters. The van der Waals surface area contributed by atoms with Gasteiger partial charge in [0.25, 0.3) is 0 Å². The zero-order chi connectivity index (χ0) is 14.9. The Morgan fingerprint density at radius 1 is 1.30 bits per heavy atom. The van der Waals surface area contributed by atoms with E-state index in [0.717, 1.165) is 10.8 Å². The van der Waals surface area contributed by atoms with E-state index in [1.807, 2.05) is 0 Å². The molecule has 2 rings (SSSR count). The average molecular weight is 298 g/mol. The summed E-state index contributed by atoms with van der Waals surface area (Å²) in [6.45, 7) is 0. The van der Waals surface area contributed by atoms with Gasteiger partial charge in [-0.1, -0.05) is 17.2 Å². The number of hydrogen-bond acceptors (Lipinski definition) is 5. The van der Waals surface area contributed by atoms with Crippen molar-refractivity contribution in [2.75, 3.05) is 0 Å². The molecule has 0 radical (unpaired) electrons. The first-order valence-electron chi connectivity index (χ1n) is 5.48. The molecule has 0 fully saturated rings. The molecule has 0 saturated carbocycles. The minimum Gasteiger partial charge on any atom is -0.742 e. The van der Waals surface area contributed by atoms with Gasteiger partial charge in [-0.05, 0) is 12.1 Å². The van der Waals surface area contributed by atoms with Gasteiger partial charge in [-0.2, -0.15) is 0 Å². The Labute approximate surface area is 114 Å². The van der Waals surface area contributed by atoms with Crippen molar-refractivity contribution in [3.8, 4) is 0 Å². The molecule has 0 aliphatic heterocycles. The smallest absolute Gasteiger partial charge is 0.422 e. The summed E-state index contributed by atoms with van der Waals surface area (Å²) in [4.78, 5) is 0. The van der Waals surface area contributed by atoms with Gasteiger partial charge in [-0.15, -0.1) is 0 Å². The maximum absolute atomic E-state index is 13.4. The summed E-state index contributed by atoms with van der Waals surface area (Å²) >= 11 is 0. The highest BCUT2D eigenvalue weighted by molar-refractivity contribution is 7.85. The van der Waals surface area contributed by atoms with Crippen LogP contribution in [0.4, 0.5) is 16.0 Å². The van der Waals surface area contributed by atoms with Gasteiger partial charge in [-0.3, -0.25) is 0 Å². The second kappa shape index (κ2) is 5.10. The number of benzene rings is 1. The lowest BCUT2D eigenvalue weighted by Gasteiger charge is -2.01. The van der Waals surface area contributed by atoms with Gasteiger partial charge in [-0.25, -0.2) is 21.9 Å². The summed E-state index contributed by atoms with van der Waals surface area (Å²) in [5, 5.41) is 7.04. The van der Waals surface area contributed by atoms with Crippen molar-refractivity contribution in [2.24, 2.45) is 24.3 Å². The van der Waals surface area contributed by atoms with Gasteiger partial charge < -0.3 is 4.55 Å². The molecule has 0 amide bonds. The molecule has 20 heavy (non-hydrogen) atoms. The quantitative estimate of drug-likeness (QED) is 0.486. The summed E-state index contributed by atoms with van der Waals surface area (Å²) in [5.41, 5.74) is 0.0141. The third-order valence-corrected chi connectivity index (χ3v) is 3.50. The van der Waals surface area contributed by atoms with E-state index in [9.17, 15) is 17.4 Å². The Morgan fingerprint density at radius 2 is 1.95 bits per heavy atom. The van der Waals surface area contributed by atoms with Gasteiger partial charge in [0, 0.05) is 5.11 Å². The van der Waals surface area contributed by atoms with Crippen LogP contribution < -0.4 is 4.57 Å². The standard InChI is InChI=1S/C11H11FN4O3S/c1-15-7-10(20(17,18)19)16(2)11(15)14-13-9-6-4-3-5-8(9)12/h3-7H,1-2H3. The van der Waals surface area contributed by atoms with E-state index in [2.05, 4.69) is 10.2 Å². The first kappa shape index (κ1) is 14.3. The van der Waals surface area contributed by atoms with Gasteiger partial charge in [0.1, 0.15) is 11.9 Å². The molecule has 0 N–H and O–H groups in total. The fourth-order valence-corrected chi connectivity index (χ4v) is 2.35. The molecular formula is C11H11FN4O3S. The molecule has 106 valence electrons. The molecule has 0 aliphatic carbocycles. The van der Waals surface area contributed by atoms with Crippen molar-refractivity contribution in [2.45, 2.75) is 5.03 Å². The maximum atomic E-state index is 13.4. The van der Waals surface area contributed by atoms with Crippen molar-refractivity contribution < 1.29 is 21.9 Å². The number of imidazole rings is 1. The van der Waals surface area contributed by atoms with Crippen LogP contribution in [0.2, 0.25) is 0 Å². The lowest BCUT2D eigenvalue weighted by molar-refractivity contribution is -0.658. The molecule has 0 spiro atoms. The summed E-state index contributed by atoms with van der Waals surface area (Å²) in [7, 11) is -1.74. The van der Waals surface area contributed by atoms with Gasteiger partial charge >= 0.3 is 5.95 Å². The molecule has 1 aromatic heterocycles. The van der Waals surface area contributed by atoms with Gasteiger partial charge in [0.05, 0.1) is 14.1 Å². The van der Waals surface area contributed by atoms with E-state index in [-0.39, 0.29) is 11.6 Å². The molecule has 0 atom stereocenters. The van der Waals surface area contributed by atoms with E-state index < -0.39 is 21.0 Å². The Hall–Kier alpha value is -2.13. The number of aromatic nitrogens is 2. The number of aryl methyl sites for hydroxylation is 1. The molecular weight excluding hydrogens is 287 g/mol. The zero-order valence-corrected chi connectivity index (χ0v) is 11.5. The summed E-state index contributed by atoms with van der Waals surface area (Å²) < 4.78 is 48.8. The van der Waals surface area contributed by atoms with Crippen LogP contribution in [0.5, 0.6) is 0 Å². The van der Waals surface area contributed by atoms with Crippen LogP contribution in [0.3, 0.4) is 0 Å². The highest BCUT2D eigenvalue weighted by Gasteiger charge is 2.22. The minimum absolute atomic E-state index is 0.0141. The van der Waals surface area contributed by atoms with Crippen LogP contribution >= 0.6 is 0 Å². The lowest BCUT2D eigenvalue weighted by atomic mass is 10.3. The molecule has 2 aromatic rings. The summed E-state index contributed by atoms with van der Waals surface area (Å²) in [6, 6.07) is 5.76. The lowest BCUT2D eigenvalue weighted by Crippen LogP contribution is -2.25. The first-order chi connectivity index (χ1) is 9.30. The van der Waals surface area contributed by atoms with Crippen molar-refractivity contribution in [1.82, 2.24) is 4.57 Å². The summed E-state index contributed by atoms with van der Waals surface area (Å²) in [6.07, 6.45) is 1.12. The van der Waals surface area contributed by atoms with Crippen LogP contribution in [-0.4, -0.2) is 17.5 Å². The topological polar surface area (TPSA) is 90.7 Å².